The van der Waals surface area contributed by atoms with Crippen molar-refractivity contribution in [2.45, 2.75) is 63.6 Å². The molecule has 0 spiro atoms. The summed E-state index contributed by atoms with van der Waals surface area (Å²) in [7, 11) is 0. The van der Waals surface area contributed by atoms with E-state index in [2.05, 4.69) is 22.9 Å². The summed E-state index contributed by atoms with van der Waals surface area (Å²) in [6, 6.07) is 14.9. The number of likely N-dealkylation sites (tertiary alicyclic amines) is 2. The van der Waals surface area contributed by atoms with Crippen LogP contribution in [0.1, 0.15) is 68.0 Å². The zero-order valence-corrected chi connectivity index (χ0v) is 21.8. The molecule has 1 aromatic heterocycles. The fourth-order valence-electron chi connectivity index (χ4n) is 5.86. The number of aromatic nitrogens is 2. The SMILES string of the molecule is C[C@@H](c1ccccc1-c1ccc(F)cc1)n1cncc1C(=O)N1CCCC(N2CCC(C)(O)CC2)CC1. The number of aliphatic hydroxyl groups is 1. The van der Waals surface area contributed by atoms with E-state index in [9.17, 15) is 14.3 Å². The van der Waals surface area contributed by atoms with E-state index in [1.165, 1.54) is 12.1 Å². The Morgan fingerprint density at radius 3 is 2.54 bits per heavy atom. The first-order valence-corrected chi connectivity index (χ1v) is 13.4. The number of nitrogens with zero attached hydrogens (tertiary/aromatic N) is 4. The van der Waals surface area contributed by atoms with Gasteiger partial charge in [-0.1, -0.05) is 36.4 Å². The summed E-state index contributed by atoms with van der Waals surface area (Å²) in [5.74, 6) is -0.241. The summed E-state index contributed by atoms with van der Waals surface area (Å²) in [5, 5.41) is 10.3. The van der Waals surface area contributed by atoms with E-state index in [0.29, 0.717) is 11.7 Å². The molecule has 1 unspecified atom stereocenters. The normalized spacial score (nSPS) is 21.4. The summed E-state index contributed by atoms with van der Waals surface area (Å²) in [6.45, 7) is 7.31. The van der Waals surface area contributed by atoms with Crippen LogP contribution in [0.5, 0.6) is 0 Å². The molecule has 0 bridgehead atoms. The first-order chi connectivity index (χ1) is 17.8. The minimum atomic E-state index is -0.548. The lowest BCUT2D eigenvalue weighted by Gasteiger charge is -2.40. The van der Waals surface area contributed by atoms with Crippen molar-refractivity contribution in [3.8, 4) is 11.1 Å². The number of benzene rings is 2. The molecule has 0 radical (unpaired) electrons. The Kier molecular flexibility index (Phi) is 7.45. The van der Waals surface area contributed by atoms with Crippen LogP contribution in [-0.2, 0) is 0 Å². The molecular formula is C30H37FN4O2. The molecule has 196 valence electrons. The Morgan fingerprint density at radius 2 is 1.78 bits per heavy atom. The van der Waals surface area contributed by atoms with Crippen LogP contribution < -0.4 is 0 Å². The molecule has 1 N–H and O–H groups in total. The Hall–Kier alpha value is -3.03. The number of hydrogen-bond acceptors (Lipinski definition) is 4. The molecule has 37 heavy (non-hydrogen) atoms. The molecule has 3 aromatic rings. The van der Waals surface area contributed by atoms with Crippen molar-refractivity contribution in [1.82, 2.24) is 19.4 Å². The number of halogens is 1. The molecular weight excluding hydrogens is 467 g/mol. The van der Waals surface area contributed by atoms with Gasteiger partial charge in [-0.25, -0.2) is 9.37 Å². The van der Waals surface area contributed by atoms with E-state index >= 15 is 0 Å². The lowest BCUT2D eigenvalue weighted by Crippen LogP contribution is -2.47. The van der Waals surface area contributed by atoms with E-state index in [4.69, 9.17) is 0 Å². The van der Waals surface area contributed by atoms with Crippen molar-refractivity contribution in [3.05, 3.63) is 78.1 Å². The van der Waals surface area contributed by atoms with Gasteiger partial charge in [0, 0.05) is 32.2 Å². The van der Waals surface area contributed by atoms with Crippen molar-refractivity contribution in [2.75, 3.05) is 26.2 Å². The quantitative estimate of drug-likeness (QED) is 0.523. The number of carbonyl (C=O) groups excluding carboxylic acids is 1. The Morgan fingerprint density at radius 1 is 1.05 bits per heavy atom. The predicted molar refractivity (Wildman–Crippen MR) is 143 cm³/mol. The molecule has 1 amide bonds. The second-order valence-corrected chi connectivity index (χ2v) is 10.9. The molecule has 0 saturated carbocycles. The average Bonchev–Trinajstić information content (AvgIpc) is 3.26. The van der Waals surface area contributed by atoms with Gasteiger partial charge in [0.15, 0.2) is 0 Å². The largest absolute Gasteiger partial charge is 0.390 e. The maximum Gasteiger partial charge on any atom is 0.272 e. The number of carbonyl (C=O) groups is 1. The number of piperidine rings is 1. The average molecular weight is 505 g/mol. The van der Waals surface area contributed by atoms with E-state index in [0.717, 1.165) is 75.0 Å². The third-order valence-corrected chi connectivity index (χ3v) is 8.24. The standard InChI is InChI=1S/C30H37FN4O2/c1-22(26-7-3-4-8-27(26)23-9-11-24(31)12-10-23)35-21-32-20-28(35)29(36)34-16-5-6-25(13-17-34)33-18-14-30(2,37)15-19-33/h3-4,7-12,20-22,25,37H,5-6,13-19H2,1-2H3/t22-,25?/m0/s1. The van der Waals surface area contributed by atoms with Gasteiger partial charge in [0.25, 0.3) is 5.91 Å². The fourth-order valence-corrected chi connectivity index (χ4v) is 5.86. The van der Waals surface area contributed by atoms with Crippen LogP contribution in [0.3, 0.4) is 0 Å². The van der Waals surface area contributed by atoms with Gasteiger partial charge < -0.3 is 19.5 Å². The molecule has 3 heterocycles. The van der Waals surface area contributed by atoms with Crippen molar-refractivity contribution in [1.29, 1.82) is 0 Å². The Balaban J connectivity index is 1.31. The van der Waals surface area contributed by atoms with E-state index < -0.39 is 5.60 Å². The molecule has 0 aliphatic carbocycles. The van der Waals surface area contributed by atoms with Gasteiger partial charge in [0.05, 0.1) is 24.2 Å². The van der Waals surface area contributed by atoms with Crippen LogP contribution in [0.15, 0.2) is 61.1 Å². The second kappa shape index (κ2) is 10.8. The summed E-state index contributed by atoms with van der Waals surface area (Å²) >= 11 is 0. The molecule has 6 nitrogen and oxygen atoms in total. The maximum atomic E-state index is 13.7. The summed E-state index contributed by atoms with van der Waals surface area (Å²) in [4.78, 5) is 22.5. The van der Waals surface area contributed by atoms with Crippen LogP contribution in [0, 0.1) is 5.82 Å². The van der Waals surface area contributed by atoms with Crippen LogP contribution in [0.25, 0.3) is 11.1 Å². The van der Waals surface area contributed by atoms with Gasteiger partial charge in [0.2, 0.25) is 0 Å². The molecule has 2 aromatic carbocycles. The van der Waals surface area contributed by atoms with Gasteiger partial charge in [-0.05, 0) is 74.8 Å². The lowest BCUT2D eigenvalue weighted by atomic mass is 9.92. The van der Waals surface area contributed by atoms with Crippen molar-refractivity contribution in [2.24, 2.45) is 0 Å². The summed E-state index contributed by atoms with van der Waals surface area (Å²) < 4.78 is 15.5. The number of amides is 1. The molecule has 2 aliphatic heterocycles. The highest BCUT2D eigenvalue weighted by molar-refractivity contribution is 5.92. The number of imidazole rings is 1. The zero-order chi connectivity index (χ0) is 26.0. The van der Waals surface area contributed by atoms with Gasteiger partial charge in [-0.15, -0.1) is 0 Å². The van der Waals surface area contributed by atoms with E-state index in [1.807, 2.05) is 34.6 Å². The minimum Gasteiger partial charge on any atom is -0.390 e. The molecule has 7 heteroatoms. The topological polar surface area (TPSA) is 61.6 Å². The molecule has 2 fully saturated rings. The third kappa shape index (κ3) is 5.63. The highest BCUT2D eigenvalue weighted by Crippen LogP contribution is 2.32. The first kappa shape index (κ1) is 25.6. The molecule has 5 rings (SSSR count). The van der Waals surface area contributed by atoms with Crippen molar-refractivity contribution >= 4 is 5.91 Å². The second-order valence-electron chi connectivity index (χ2n) is 10.9. The minimum absolute atomic E-state index is 0.0193. The Labute approximate surface area is 218 Å². The summed E-state index contributed by atoms with van der Waals surface area (Å²) in [6.07, 6.45) is 8.03. The third-order valence-electron chi connectivity index (χ3n) is 8.24. The van der Waals surface area contributed by atoms with Crippen molar-refractivity contribution < 1.29 is 14.3 Å². The smallest absolute Gasteiger partial charge is 0.272 e. The highest BCUT2D eigenvalue weighted by atomic mass is 19.1. The van der Waals surface area contributed by atoms with Crippen LogP contribution in [0.2, 0.25) is 0 Å². The van der Waals surface area contributed by atoms with Crippen LogP contribution in [0.4, 0.5) is 4.39 Å². The number of hydrogen-bond donors (Lipinski definition) is 1. The van der Waals surface area contributed by atoms with Gasteiger partial charge in [-0.3, -0.25) is 4.79 Å². The van der Waals surface area contributed by atoms with Crippen molar-refractivity contribution in [3.63, 3.8) is 0 Å². The summed E-state index contributed by atoms with van der Waals surface area (Å²) in [5.41, 5.74) is 3.05. The molecule has 2 saturated heterocycles. The number of rotatable bonds is 5. The van der Waals surface area contributed by atoms with E-state index in [-0.39, 0.29) is 17.8 Å². The van der Waals surface area contributed by atoms with Gasteiger partial charge in [-0.2, -0.15) is 0 Å². The lowest BCUT2D eigenvalue weighted by molar-refractivity contribution is -0.0180. The van der Waals surface area contributed by atoms with Gasteiger partial charge >= 0.3 is 0 Å². The van der Waals surface area contributed by atoms with Gasteiger partial charge in [0.1, 0.15) is 11.5 Å². The Bertz CT molecular complexity index is 1210. The maximum absolute atomic E-state index is 13.7. The highest BCUT2D eigenvalue weighted by Gasteiger charge is 2.33. The van der Waals surface area contributed by atoms with Crippen LogP contribution >= 0.6 is 0 Å². The monoisotopic (exact) mass is 504 g/mol. The zero-order valence-electron chi connectivity index (χ0n) is 21.8. The molecule has 2 atom stereocenters. The molecule has 2 aliphatic rings. The first-order valence-electron chi connectivity index (χ1n) is 13.4. The predicted octanol–water partition coefficient (Wildman–Crippen LogP) is 5.14. The van der Waals surface area contributed by atoms with Crippen LogP contribution in [-0.4, -0.2) is 68.2 Å². The van der Waals surface area contributed by atoms with E-state index in [1.54, 1.807) is 24.7 Å². The fraction of sp³-hybridized carbons (Fsp3) is 0.467.